The molecule has 1 fully saturated rings. The van der Waals surface area contributed by atoms with Crippen molar-refractivity contribution in [1.82, 2.24) is 20.3 Å². The minimum atomic E-state index is -1.48. The predicted molar refractivity (Wildman–Crippen MR) is 145 cm³/mol. The molecule has 186 valence electrons. The van der Waals surface area contributed by atoms with Gasteiger partial charge in [-0.25, -0.2) is 19.7 Å². The summed E-state index contributed by atoms with van der Waals surface area (Å²) in [7, 11) is 0. The monoisotopic (exact) mass is 540 g/mol. The van der Waals surface area contributed by atoms with E-state index < -0.39 is 11.4 Å². The van der Waals surface area contributed by atoms with Crippen molar-refractivity contribution in [3.05, 3.63) is 70.8 Å². The molecular formula is C25H25ClN6O2S2. The van der Waals surface area contributed by atoms with Gasteiger partial charge in [0.25, 0.3) is 0 Å². The van der Waals surface area contributed by atoms with Crippen molar-refractivity contribution >= 4 is 45.9 Å². The van der Waals surface area contributed by atoms with E-state index in [4.69, 9.17) is 21.3 Å². The number of hydrogen-bond donors (Lipinski definition) is 3. The van der Waals surface area contributed by atoms with Crippen LogP contribution in [0.5, 0.6) is 11.6 Å². The van der Waals surface area contributed by atoms with Crippen LogP contribution in [0.25, 0.3) is 10.6 Å². The molecule has 1 aliphatic heterocycles. The summed E-state index contributed by atoms with van der Waals surface area (Å²) >= 11 is 6.15. The van der Waals surface area contributed by atoms with E-state index in [0.29, 0.717) is 39.2 Å². The lowest BCUT2D eigenvalue weighted by Gasteiger charge is -2.23. The maximum atomic E-state index is 12.7. The summed E-state index contributed by atoms with van der Waals surface area (Å²) in [5, 5.41) is 7.26. The summed E-state index contributed by atoms with van der Waals surface area (Å²) in [5.41, 5.74) is 4.05. The fourth-order valence-corrected chi connectivity index (χ4v) is 5.81. The number of benzene rings is 2. The molecule has 5 rings (SSSR count). The second kappa shape index (κ2) is 11.4. The van der Waals surface area contributed by atoms with Crippen LogP contribution in [0.15, 0.2) is 65.1 Å². The maximum Gasteiger partial charge on any atom is 0.239 e. The van der Waals surface area contributed by atoms with Gasteiger partial charge < -0.3 is 19.9 Å². The summed E-state index contributed by atoms with van der Waals surface area (Å²) in [4.78, 5) is 14.9. The SMILES string of the molecule is Cc1cc(N[S+]([O-])c2ccccc2Cl)ccc1Oc1ncsc1-c1ccnc(NC2CCCNC2)n1. The predicted octanol–water partition coefficient (Wildman–Crippen LogP) is 5.65. The second-order valence-electron chi connectivity index (χ2n) is 8.32. The van der Waals surface area contributed by atoms with Crippen molar-refractivity contribution < 1.29 is 9.29 Å². The van der Waals surface area contributed by atoms with E-state index in [1.807, 2.05) is 31.2 Å². The van der Waals surface area contributed by atoms with Gasteiger partial charge in [-0.05, 0) is 68.3 Å². The fraction of sp³-hybridized carbons (Fsp3) is 0.240. The molecular weight excluding hydrogens is 516 g/mol. The Hall–Kier alpha value is -2.89. The Morgan fingerprint density at radius 2 is 2.08 bits per heavy atom. The van der Waals surface area contributed by atoms with Crippen LogP contribution in [0.4, 0.5) is 11.6 Å². The lowest BCUT2D eigenvalue weighted by Crippen LogP contribution is -2.38. The highest BCUT2D eigenvalue weighted by Crippen LogP contribution is 2.37. The molecule has 0 bridgehead atoms. The Labute approximate surface area is 221 Å². The van der Waals surface area contributed by atoms with Crippen molar-refractivity contribution in [2.24, 2.45) is 0 Å². The Kier molecular flexibility index (Phi) is 7.88. The van der Waals surface area contributed by atoms with Crippen molar-refractivity contribution in [2.75, 3.05) is 23.1 Å². The number of halogens is 1. The molecule has 8 nitrogen and oxygen atoms in total. The fourth-order valence-electron chi connectivity index (χ4n) is 3.88. The summed E-state index contributed by atoms with van der Waals surface area (Å²) in [5.74, 6) is 1.73. The van der Waals surface area contributed by atoms with Gasteiger partial charge in [0.05, 0.1) is 21.9 Å². The van der Waals surface area contributed by atoms with E-state index in [-0.39, 0.29) is 0 Å². The van der Waals surface area contributed by atoms with E-state index in [1.165, 1.54) is 11.3 Å². The molecule has 3 N–H and O–H groups in total. The maximum absolute atomic E-state index is 12.7. The van der Waals surface area contributed by atoms with Gasteiger partial charge in [-0.2, -0.15) is 0 Å². The van der Waals surface area contributed by atoms with Crippen LogP contribution in [0, 0.1) is 6.92 Å². The van der Waals surface area contributed by atoms with Crippen LogP contribution >= 0.6 is 22.9 Å². The third-order valence-corrected chi connectivity index (χ3v) is 8.13. The van der Waals surface area contributed by atoms with Gasteiger partial charge in [0.1, 0.15) is 22.0 Å². The molecule has 11 heteroatoms. The van der Waals surface area contributed by atoms with Crippen LogP contribution < -0.4 is 20.1 Å². The van der Waals surface area contributed by atoms with E-state index >= 15 is 0 Å². The molecule has 1 saturated heterocycles. The average Bonchev–Trinajstić information content (AvgIpc) is 3.35. The van der Waals surface area contributed by atoms with Crippen LogP contribution in [-0.2, 0) is 11.4 Å². The molecule has 2 aromatic carbocycles. The van der Waals surface area contributed by atoms with Crippen LogP contribution in [-0.4, -0.2) is 38.6 Å². The number of thiazole rings is 1. The standard InChI is InChI=1S/C25H25ClN6O2S2/c1-16-13-17(32-36(33)22-7-3-2-6-19(22)26)8-9-21(16)34-24-23(35-15-29-24)20-10-12-28-25(31-20)30-18-5-4-11-27-14-18/h2-3,6-10,12-13,15,18,27,32H,4-5,11,14H2,1H3,(H,28,30,31). The Morgan fingerprint density at radius 1 is 1.19 bits per heavy atom. The van der Waals surface area contributed by atoms with Gasteiger partial charge in [0.2, 0.25) is 11.8 Å². The molecule has 0 spiro atoms. The number of ether oxygens (including phenoxy) is 1. The Balaban J connectivity index is 1.29. The van der Waals surface area contributed by atoms with Crippen LogP contribution in [0.1, 0.15) is 18.4 Å². The first-order valence-electron chi connectivity index (χ1n) is 11.5. The third-order valence-electron chi connectivity index (χ3n) is 5.68. The molecule has 2 atom stereocenters. The highest BCUT2D eigenvalue weighted by atomic mass is 35.5. The van der Waals surface area contributed by atoms with Crippen molar-refractivity contribution in [3.8, 4) is 22.2 Å². The Bertz CT molecular complexity index is 1330. The largest absolute Gasteiger partial charge is 0.588 e. The minimum absolute atomic E-state index is 0.313. The molecule has 0 radical (unpaired) electrons. The minimum Gasteiger partial charge on any atom is -0.588 e. The number of aryl methyl sites for hydroxylation is 1. The number of anilines is 2. The van der Waals surface area contributed by atoms with E-state index in [2.05, 4.69) is 25.3 Å². The molecule has 0 amide bonds. The summed E-state index contributed by atoms with van der Waals surface area (Å²) < 4.78 is 21.9. The van der Waals surface area contributed by atoms with Gasteiger partial charge in [-0.3, -0.25) is 0 Å². The summed E-state index contributed by atoms with van der Waals surface area (Å²) in [6.07, 6.45) is 3.97. The number of rotatable bonds is 8. The third kappa shape index (κ3) is 5.91. The molecule has 2 unspecified atom stereocenters. The number of nitrogens with one attached hydrogen (secondary N) is 3. The van der Waals surface area contributed by atoms with Gasteiger partial charge in [-0.1, -0.05) is 23.7 Å². The Morgan fingerprint density at radius 3 is 2.89 bits per heavy atom. The molecule has 3 heterocycles. The lowest BCUT2D eigenvalue weighted by atomic mass is 10.1. The van der Waals surface area contributed by atoms with E-state index in [1.54, 1.807) is 36.0 Å². The van der Waals surface area contributed by atoms with Gasteiger partial charge in [0.15, 0.2) is 4.90 Å². The molecule has 4 aromatic rings. The number of aromatic nitrogens is 3. The smallest absolute Gasteiger partial charge is 0.239 e. The van der Waals surface area contributed by atoms with Crippen LogP contribution in [0.3, 0.4) is 0 Å². The van der Waals surface area contributed by atoms with Crippen molar-refractivity contribution in [3.63, 3.8) is 0 Å². The summed E-state index contributed by atoms with van der Waals surface area (Å²) in [6, 6.07) is 14.7. The highest BCUT2D eigenvalue weighted by molar-refractivity contribution is 7.92. The van der Waals surface area contributed by atoms with E-state index in [9.17, 15) is 4.55 Å². The lowest BCUT2D eigenvalue weighted by molar-refractivity contribution is 0.464. The quantitative estimate of drug-likeness (QED) is 0.246. The highest BCUT2D eigenvalue weighted by Gasteiger charge is 2.19. The molecule has 0 saturated carbocycles. The van der Waals surface area contributed by atoms with Crippen LogP contribution in [0.2, 0.25) is 5.02 Å². The number of nitrogens with zero attached hydrogens (tertiary/aromatic N) is 3. The van der Waals surface area contributed by atoms with Crippen molar-refractivity contribution in [2.45, 2.75) is 30.7 Å². The molecule has 2 aromatic heterocycles. The van der Waals surface area contributed by atoms with Gasteiger partial charge in [-0.15, -0.1) is 11.3 Å². The van der Waals surface area contributed by atoms with Crippen molar-refractivity contribution in [1.29, 1.82) is 0 Å². The molecule has 36 heavy (non-hydrogen) atoms. The van der Waals surface area contributed by atoms with Gasteiger partial charge in [0, 0.05) is 18.8 Å². The van der Waals surface area contributed by atoms with E-state index in [0.717, 1.165) is 42.1 Å². The van der Waals surface area contributed by atoms with Gasteiger partial charge >= 0.3 is 0 Å². The molecule has 1 aliphatic rings. The number of hydrogen-bond acceptors (Lipinski definition) is 9. The second-order valence-corrected chi connectivity index (χ2v) is 10.8. The molecule has 0 aliphatic carbocycles. The zero-order chi connectivity index (χ0) is 24.9. The normalized spacial score (nSPS) is 16.4. The first-order valence-corrected chi connectivity index (χ1v) is 13.9. The first-order chi connectivity index (χ1) is 17.6. The number of piperidine rings is 1. The summed E-state index contributed by atoms with van der Waals surface area (Å²) in [6.45, 7) is 3.88. The first kappa shape index (κ1) is 24.8. The average molecular weight is 541 g/mol. The zero-order valence-electron chi connectivity index (χ0n) is 19.5. The topological polar surface area (TPSA) is 107 Å². The zero-order valence-corrected chi connectivity index (χ0v) is 21.9.